The predicted molar refractivity (Wildman–Crippen MR) is 260 cm³/mol. The van der Waals surface area contributed by atoms with E-state index in [9.17, 15) is 0 Å². The average Bonchev–Trinajstić information content (AvgIpc) is 3.81. The molecule has 0 spiro atoms. The first-order valence-electron chi connectivity index (χ1n) is 22.4. The smallest absolute Gasteiger partial charge is 0.238 e. The number of nitrogens with zero attached hydrogens (tertiary/aromatic N) is 3. The molecular formula is C58H50N3O+. The second kappa shape index (κ2) is 12.0. The van der Waals surface area contributed by atoms with Crippen molar-refractivity contribution in [1.82, 2.24) is 4.58 Å². The Hall–Kier alpha value is -6.65. The minimum atomic E-state index is -0.0915. The van der Waals surface area contributed by atoms with Gasteiger partial charge in [0.15, 0.2) is 0 Å². The molecule has 0 saturated carbocycles. The van der Waals surface area contributed by atoms with Crippen molar-refractivity contribution in [2.24, 2.45) is 0 Å². The molecular weight excluding hydrogens is 755 g/mol. The van der Waals surface area contributed by atoms with Crippen molar-refractivity contribution in [3.63, 3.8) is 0 Å². The Kier molecular flexibility index (Phi) is 7.00. The lowest BCUT2D eigenvalue weighted by Gasteiger charge is -2.49. The maximum Gasteiger partial charge on any atom is 0.238 e. The average molecular weight is 805 g/mol. The van der Waals surface area contributed by atoms with Gasteiger partial charge in [-0.05, 0) is 109 Å². The van der Waals surface area contributed by atoms with Gasteiger partial charge < -0.3 is 4.74 Å². The molecule has 302 valence electrons. The van der Waals surface area contributed by atoms with Gasteiger partial charge in [-0.3, -0.25) is 5.01 Å². The van der Waals surface area contributed by atoms with Crippen LogP contribution >= 0.6 is 0 Å². The molecule has 13 rings (SSSR count). The largest absolute Gasteiger partial charge is 0.481 e. The summed E-state index contributed by atoms with van der Waals surface area (Å²) in [5.41, 5.74) is 23.1. The van der Waals surface area contributed by atoms with Gasteiger partial charge in [-0.25, -0.2) is 5.01 Å². The lowest BCUT2D eigenvalue weighted by molar-refractivity contribution is 0.214. The highest BCUT2D eigenvalue weighted by atomic mass is 16.5. The van der Waals surface area contributed by atoms with Crippen molar-refractivity contribution < 1.29 is 4.74 Å². The minimum Gasteiger partial charge on any atom is -0.481 e. The first-order valence-corrected chi connectivity index (χ1v) is 22.4. The zero-order chi connectivity index (χ0) is 42.1. The van der Waals surface area contributed by atoms with Gasteiger partial charge in [0.2, 0.25) is 17.1 Å². The molecule has 4 heterocycles. The van der Waals surface area contributed by atoms with Gasteiger partial charge in [0.05, 0.1) is 12.1 Å². The van der Waals surface area contributed by atoms with E-state index < -0.39 is 0 Å². The SMILES string of the molecule is Cc1c2c(c(C)c3ccccc13)CC1=[N+](c3cc(C(C)(C)C)cc(C(C)(C)C)c3)c3cc4ccccc4c4c3N(C1=C2)N1c2ccccc2C2=C3OC5C=CC=CC5=C3C=C4C21. The highest BCUT2D eigenvalue weighted by Gasteiger charge is 2.56. The van der Waals surface area contributed by atoms with Crippen molar-refractivity contribution in [2.75, 3.05) is 10.0 Å². The molecule has 0 aromatic heterocycles. The van der Waals surface area contributed by atoms with Crippen molar-refractivity contribution in [1.29, 1.82) is 0 Å². The highest BCUT2D eigenvalue weighted by molar-refractivity contribution is 6.23. The van der Waals surface area contributed by atoms with Crippen LogP contribution in [0.3, 0.4) is 0 Å². The van der Waals surface area contributed by atoms with E-state index in [1.165, 1.54) is 123 Å². The highest BCUT2D eigenvalue weighted by Crippen LogP contribution is 2.62. The van der Waals surface area contributed by atoms with Crippen LogP contribution in [0.25, 0.3) is 38.8 Å². The minimum absolute atomic E-state index is 0.0472. The summed E-state index contributed by atoms with van der Waals surface area (Å²) >= 11 is 0. The number of fused-ring (bicyclic) bond motifs is 13. The first kappa shape index (κ1) is 36.0. The monoisotopic (exact) mass is 804 g/mol. The Morgan fingerprint density at radius 3 is 2.18 bits per heavy atom. The number of hydrogen-bond acceptors (Lipinski definition) is 3. The zero-order valence-corrected chi connectivity index (χ0v) is 36.8. The third-order valence-corrected chi connectivity index (χ3v) is 14.8. The van der Waals surface area contributed by atoms with Gasteiger partial charge in [-0.2, -0.15) is 4.58 Å². The Bertz CT molecular complexity index is 3310. The van der Waals surface area contributed by atoms with E-state index in [4.69, 9.17) is 4.74 Å². The van der Waals surface area contributed by atoms with Crippen molar-refractivity contribution in [2.45, 2.75) is 84.8 Å². The van der Waals surface area contributed by atoms with Gasteiger partial charge in [0, 0.05) is 46.0 Å². The van der Waals surface area contributed by atoms with Crippen LogP contribution in [0.2, 0.25) is 0 Å². The third-order valence-electron chi connectivity index (χ3n) is 14.8. The molecule has 0 amide bonds. The van der Waals surface area contributed by atoms with Crippen molar-refractivity contribution in [3.8, 4) is 0 Å². The fourth-order valence-electron chi connectivity index (χ4n) is 11.6. The number of ether oxygens (including phenoxy) is 1. The lowest BCUT2D eigenvalue weighted by atomic mass is 9.78. The van der Waals surface area contributed by atoms with Crippen molar-refractivity contribution in [3.05, 3.63) is 195 Å². The molecule has 7 aliphatic rings. The Morgan fingerprint density at radius 2 is 1.42 bits per heavy atom. The van der Waals surface area contributed by atoms with E-state index in [1.54, 1.807) is 0 Å². The van der Waals surface area contributed by atoms with Gasteiger partial charge in [-0.15, -0.1) is 0 Å². The topological polar surface area (TPSA) is 18.7 Å². The molecule has 0 bridgehead atoms. The summed E-state index contributed by atoms with van der Waals surface area (Å²) in [6.07, 6.45) is 14.5. The van der Waals surface area contributed by atoms with Crippen LogP contribution in [0.1, 0.15) is 86.1 Å². The fourth-order valence-corrected chi connectivity index (χ4v) is 11.6. The predicted octanol–water partition coefficient (Wildman–Crippen LogP) is 13.6. The number of hydrogen-bond donors (Lipinski definition) is 0. The summed E-state index contributed by atoms with van der Waals surface area (Å²) in [6, 6.07) is 37.0. The molecule has 3 aliphatic carbocycles. The molecule has 4 heteroatoms. The molecule has 62 heavy (non-hydrogen) atoms. The standard InChI is InChI=1S/C58H50N3O/c1-32-38-18-11-12-19-39(38)33(2)44-31-49-48(30-43(32)44)59(37-27-35(57(3,4)5)26-36(28-37)58(6,7)8)50-25-34-17-9-10-20-40(34)52-46-29-45-41-21-14-16-24-51(41)62-56(45)53-42-22-13-15-23-47(42)60(54(46)53)61(49)55(50)52/h9-29,31,51,54H,30H2,1-8H3/q+1. The number of allylic oxidation sites excluding steroid dienone is 4. The van der Waals surface area contributed by atoms with Crippen LogP contribution in [-0.2, 0) is 22.0 Å². The summed E-state index contributed by atoms with van der Waals surface area (Å²) in [6.45, 7) is 18.8. The molecule has 0 radical (unpaired) electrons. The van der Waals surface area contributed by atoms with E-state index in [1.807, 2.05) is 0 Å². The van der Waals surface area contributed by atoms with Crippen LogP contribution in [0.5, 0.6) is 0 Å². The molecule has 4 nitrogen and oxygen atoms in total. The molecule has 2 atom stereocenters. The second-order valence-corrected chi connectivity index (χ2v) is 20.4. The molecule has 0 N–H and O–H groups in total. The van der Waals surface area contributed by atoms with Crippen LogP contribution in [0.15, 0.2) is 150 Å². The fraction of sp³-hybridized carbons (Fsp3) is 0.224. The Morgan fingerprint density at radius 1 is 0.726 bits per heavy atom. The van der Waals surface area contributed by atoms with Gasteiger partial charge in [0.1, 0.15) is 29.3 Å². The van der Waals surface area contributed by atoms with E-state index in [-0.39, 0.29) is 23.0 Å². The van der Waals surface area contributed by atoms with Gasteiger partial charge in [-0.1, -0.05) is 133 Å². The molecule has 6 aromatic rings. The number of aryl methyl sites for hydroxylation is 2. The molecule has 0 saturated heterocycles. The summed E-state index contributed by atoms with van der Waals surface area (Å²) in [5, 5.41) is 10.5. The number of para-hydroxylation sites is 1. The third kappa shape index (κ3) is 4.65. The normalized spacial score (nSPS) is 20.1. The zero-order valence-electron chi connectivity index (χ0n) is 36.8. The van der Waals surface area contributed by atoms with Crippen LogP contribution in [0.4, 0.5) is 22.7 Å². The maximum absolute atomic E-state index is 7.01. The summed E-state index contributed by atoms with van der Waals surface area (Å²) in [5.74, 6) is 1.02. The number of benzene rings is 6. The van der Waals surface area contributed by atoms with E-state index in [0.29, 0.717) is 0 Å². The quantitative estimate of drug-likeness (QED) is 0.154. The molecule has 4 aliphatic heterocycles. The molecule has 6 aromatic carbocycles. The summed E-state index contributed by atoms with van der Waals surface area (Å²) < 4.78 is 9.68. The van der Waals surface area contributed by atoms with E-state index in [2.05, 4.69) is 204 Å². The van der Waals surface area contributed by atoms with Gasteiger partial charge in [0.25, 0.3) is 0 Å². The summed E-state index contributed by atoms with van der Waals surface area (Å²) in [4.78, 5) is 0. The Balaban J connectivity index is 1.21. The second-order valence-electron chi connectivity index (χ2n) is 20.4. The number of rotatable bonds is 1. The molecule has 0 fully saturated rings. The maximum atomic E-state index is 7.01. The molecule has 2 unspecified atom stereocenters. The first-order chi connectivity index (χ1) is 29.9. The van der Waals surface area contributed by atoms with Crippen LogP contribution in [0, 0.1) is 13.8 Å². The van der Waals surface area contributed by atoms with Gasteiger partial charge >= 0.3 is 0 Å². The van der Waals surface area contributed by atoms with Crippen LogP contribution in [-0.4, -0.2) is 17.9 Å². The number of hydrazine groups is 1. The van der Waals surface area contributed by atoms with Crippen molar-refractivity contribution >= 4 is 67.2 Å². The Labute approximate surface area is 364 Å². The van der Waals surface area contributed by atoms with Crippen LogP contribution < -0.4 is 14.6 Å². The summed E-state index contributed by atoms with van der Waals surface area (Å²) in [7, 11) is 0. The van der Waals surface area contributed by atoms with E-state index in [0.717, 1.165) is 12.2 Å². The van der Waals surface area contributed by atoms with E-state index >= 15 is 0 Å². The lowest BCUT2D eigenvalue weighted by Crippen LogP contribution is -2.55. The number of anilines is 2.